The molecule has 0 aromatic heterocycles. The van der Waals surface area contributed by atoms with Crippen LogP contribution in [-0.2, 0) is 30.4 Å². The zero-order valence-corrected chi connectivity index (χ0v) is 15.0. The Balaban J connectivity index is 1.64. The number of phenolic OH excluding ortho intramolecular Hbond substituents is 1. The molecule has 1 aliphatic carbocycles. The minimum absolute atomic E-state index is 0.0112. The maximum atomic E-state index is 13.0. The molecule has 3 N–H and O–H groups in total. The van der Waals surface area contributed by atoms with Gasteiger partial charge in [0, 0.05) is 5.56 Å². The van der Waals surface area contributed by atoms with Crippen LogP contribution in [0.15, 0.2) is 36.4 Å². The molecule has 1 aliphatic rings. The fourth-order valence-corrected chi connectivity index (χ4v) is 3.50. The molecule has 1 atom stereocenters. The number of aryl methyl sites for hydroxylation is 2. The van der Waals surface area contributed by atoms with E-state index in [2.05, 4.69) is 5.32 Å². The van der Waals surface area contributed by atoms with Gasteiger partial charge in [0.2, 0.25) is 0 Å². The lowest BCUT2D eigenvalue weighted by Gasteiger charge is -2.17. The number of hydrogen-bond donors (Lipinski definition) is 3. The number of carbonyl (C=O) groups excluding carboxylic acids is 1. The highest BCUT2D eigenvalue weighted by atomic mass is 19.4. The second-order valence-electron chi connectivity index (χ2n) is 7.01. The van der Waals surface area contributed by atoms with Crippen molar-refractivity contribution < 1.29 is 28.0 Å². The molecule has 0 aliphatic heterocycles. The maximum absolute atomic E-state index is 13.0. The summed E-state index contributed by atoms with van der Waals surface area (Å²) in [6.45, 7) is 0.399. The molecule has 0 saturated carbocycles. The van der Waals surface area contributed by atoms with Crippen molar-refractivity contribution >= 4 is 11.6 Å². The van der Waals surface area contributed by atoms with Gasteiger partial charge in [-0.2, -0.15) is 13.2 Å². The van der Waals surface area contributed by atoms with E-state index in [9.17, 15) is 23.1 Å². The first kappa shape index (κ1) is 19.2. The number of phenols is 1. The van der Waals surface area contributed by atoms with E-state index in [4.69, 9.17) is 0 Å². The zero-order chi connectivity index (χ0) is 19.6. The van der Waals surface area contributed by atoms with E-state index in [0.717, 1.165) is 41.4 Å². The van der Waals surface area contributed by atoms with Crippen LogP contribution in [0.2, 0.25) is 0 Å². The van der Waals surface area contributed by atoms with Gasteiger partial charge in [0.25, 0.3) is 5.91 Å². The quantitative estimate of drug-likeness (QED) is 0.748. The molecule has 27 heavy (non-hydrogen) atoms. The Morgan fingerprint density at radius 2 is 1.85 bits per heavy atom. The van der Waals surface area contributed by atoms with E-state index in [1.165, 1.54) is 23.8 Å². The smallest absolute Gasteiger partial charge is 0.418 e. The van der Waals surface area contributed by atoms with Gasteiger partial charge in [0.15, 0.2) is 6.54 Å². The average molecular weight is 379 g/mol. The van der Waals surface area contributed by atoms with E-state index in [-0.39, 0.29) is 18.0 Å². The molecule has 0 spiro atoms. The lowest BCUT2D eigenvalue weighted by Crippen LogP contribution is -3.08. The van der Waals surface area contributed by atoms with E-state index in [1.807, 2.05) is 6.07 Å². The van der Waals surface area contributed by atoms with Crippen molar-refractivity contribution in [2.45, 2.75) is 32.0 Å². The van der Waals surface area contributed by atoms with Gasteiger partial charge in [-0.1, -0.05) is 12.1 Å². The standard InChI is InChI=1S/C20H21F3N2O2/c1-25(11-15-9-13-5-4-6-14(13)10-18(15)26)12-19(27)24-17-8-3-2-7-16(17)20(21,22)23/h2-3,7-10,26H,4-6,11-12H2,1H3,(H,24,27)/p+1. The summed E-state index contributed by atoms with van der Waals surface area (Å²) >= 11 is 0. The molecule has 144 valence electrons. The predicted molar refractivity (Wildman–Crippen MR) is 95.7 cm³/mol. The van der Waals surface area contributed by atoms with Crippen LogP contribution in [0.25, 0.3) is 0 Å². The SMILES string of the molecule is C[NH+](CC(=O)Nc1ccccc1C(F)(F)F)Cc1cc2c(cc1O)CCC2. The van der Waals surface area contributed by atoms with Crippen LogP contribution in [0.1, 0.15) is 28.7 Å². The van der Waals surface area contributed by atoms with Gasteiger partial charge in [0.05, 0.1) is 18.3 Å². The average Bonchev–Trinajstić information content (AvgIpc) is 3.01. The van der Waals surface area contributed by atoms with Crippen LogP contribution in [0, 0.1) is 0 Å². The van der Waals surface area contributed by atoms with Gasteiger partial charge < -0.3 is 15.3 Å². The Morgan fingerprint density at radius 1 is 1.19 bits per heavy atom. The second-order valence-corrected chi connectivity index (χ2v) is 7.01. The molecule has 0 radical (unpaired) electrons. The third-order valence-electron chi connectivity index (χ3n) is 4.75. The van der Waals surface area contributed by atoms with Gasteiger partial charge in [-0.05, 0) is 54.7 Å². The maximum Gasteiger partial charge on any atom is 0.418 e. The van der Waals surface area contributed by atoms with Crippen LogP contribution in [0.3, 0.4) is 0 Å². The number of para-hydroxylation sites is 1. The van der Waals surface area contributed by atoms with Gasteiger partial charge in [-0.15, -0.1) is 0 Å². The van der Waals surface area contributed by atoms with Crippen LogP contribution in [0.4, 0.5) is 18.9 Å². The Bertz CT molecular complexity index is 850. The number of rotatable bonds is 5. The Hall–Kier alpha value is -2.54. The number of hydrogen-bond acceptors (Lipinski definition) is 2. The summed E-state index contributed by atoms with van der Waals surface area (Å²) in [6.07, 6.45) is -1.51. The summed E-state index contributed by atoms with van der Waals surface area (Å²) in [6, 6.07) is 8.66. The number of carbonyl (C=O) groups is 1. The molecule has 1 unspecified atom stereocenters. The van der Waals surface area contributed by atoms with Crippen molar-refractivity contribution in [2.75, 3.05) is 18.9 Å². The topological polar surface area (TPSA) is 53.8 Å². The first-order valence-corrected chi connectivity index (χ1v) is 8.85. The number of likely N-dealkylation sites (N-methyl/N-ethyl adjacent to an activating group) is 1. The summed E-state index contributed by atoms with van der Waals surface area (Å²) < 4.78 is 39.1. The number of fused-ring (bicyclic) bond motifs is 1. The molecule has 0 heterocycles. The molecule has 0 fully saturated rings. The van der Waals surface area contributed by atoms with E-state index in [0.29, 0.717) is 6.54 Å². The summed E-state index contributed by atoms with van der Waals surface area (Å²) in [5.74, 6) is -0.303. The third kappa shape index (κ3) is 4.60. The molecular weight excluding hydrogens is 357 g/mol. The highest BCUT2D eigenvalue weighted by Gasteiger charge is 2.33. The van der Waals surface area contributed by atoms with Crippen LogP contribution in [-0.4, -0.2) is 24.6 Å². The van der Waals surface area contributed by atoms with Crippen molar-refractivity contribution in [1.82, 2.24) is 0 Å². The van der Waals surface area contributed by atoms with Crippen molar-refractivity contribution in [3.63, 3.8) is 0 Å². The first-order valence-electron chi connectivity index (χ1n) is 8.85. The molecular formula is C20H22F3N2O2+. The number of quaternary nitrogens is 1. The van der Waals surface area contributed by atoms with Crippen molar-refractivity contribution in [3.05, 3.63) is 58.7 Å². The number of alkyl halides is 3. The van der Waals surface area contributed by atoms with Gasteiger partial charge in [-0.25, -0.2) is 0 Å². The Labute approximate surface area is 155 Å². The van der Waals surface area contributed by atoms with E-state index < -0.39 is 17.6 Å². The monoisotopic (exact) mass is 379 g/mol. The van der Waals surface area contributed by atoms with E-state index in [1.54, 1.807) is 13.1 Å². The van der Waals surface area contributed by atoms with Crippen LogP contribution in [0.5, 0.6) is 5.75 Å². The molecule has 2 aromatic carbocycles. The molecule has 0 saturated heterocycles. The number of anilines is 1. The van der Waals surface area contributed by atoms with E-state index >= 15 is 0 Å². The van der Waals surface area contributed by atoms with Crippen molar-refractivity contribution in [2.24, 2.45) is 0 Å². The summed E-state index contributed by atoms with van der Waals surface area (Å²) in [5.41, 5.74) is 2.02. The minimum atomic E-state index is -4.53. The zero-order valence-electron chi connectivity index (χ0n) is 15.0. The molecule has 4 nitrogen and oxygen atoms in total. The van der Waals surface area contributed by atoms with Crippen molar-refractivity contribution in [3.8, 4) is 5.75 Å². The summed E-state index contributed by atoms with van der Waals surface area (Å²) in [5, 5.41) is 12.5. The predicted octanol–water partition coefficient (Wildman–Crippen LogP) is 2.55. The van der Waals surface area contributed by atoms with Crippen LogP contribution < -0.4 is 10.2 Å². The molecule has 3 rings (SSSR count). The third-order valence-corrected chi connectivity index (χ3v) is 4.75. The molecule has 2 aromatic rings. The minimum Gasteiger partial charge on any atom is -0.507 e. The Morgan fingerprint density at radius 3 is 2.56 bits per heavy atom. The number of halogens is 3. The largest absolute Gasteiger partial charge is 0.507 e. The van der Waals surface area contributed by atoms with Crippen molar-refractivity contribution in [1.29, 1.82) is 0 Å². The summed E-state index contributed by atoms with van der Waals surface area (Å²) in [4.78, 5) is 13.0. The lowest BCUT2D eigenvalue weighted by atomic mass is 10.0. The Kier molecular flexibility index (Phi) is 5.41. The highest BCUT2D eigenvalue weighted by Crippen LogP contribution is 2.34. The lowest BCUT2D eigenvalue weighted by molar-refractivity contribution is -0.885. The number of aromatic hydroxyl groups is 1. The molecule has 0 bridgehead atoms. The van der Waals surface area contributed by atoms with Gasteiger partial charge >= 0.3 is 6.18 Å². The molecule has 1 amide bonds. The first-order chi connectivity index (χ1) is 12.7. The fourth-order valence-electron chi connectivity index (χ4n) is 3.50. The number of nitrogens with one attached hydrogen (secondary N) is 2. The van der Waals surface area contributed by atoms with Crippen LogP contribution >= 0.6 is 0 Å². The second kappa shape index (κ2) is 7.60. The summed E-state index contributed by atoms with van der Waals surface area (Å²) in [7, 11) is 1.77. The molecule has 7 heteroatoms. The number of benzene rings is 2. The highest BCUT2D eigenvalue weighted by molar-refractivity contribution is 5.92. The van der Waals surface area contributed by atoms with Gasteiger partial charge in [0.1, 0.15) is 12.3 Å². The normalized spacial score (nSPS) is 14.7. The number of amides is 1. The fraction of sp³-hybridized carbons (Fsp3) is 0.350. The van der Waals surface area contributed by atoms with Gasteiger partial charge in [-0.3, -0.25) is 4.79 Å².